The zero-order valence-corrected chi connectivity index (χ0v) is 18.6. The molecule has 2 aromatic carbocycles. The van der Waals surface area contributed by atoms with Crippen molar-refractivity contribution >= 4 is 40.2 Å². The summed E-state index contributed by atoms with van der Waals surface area (Å²) in [5.41, 5.74) is 0.816. The van der Waals surface area contributed by atoms with E-state index < -0.39 is 0 Å². The van der Waals surface area contributed by atoms with Crippen LogP contribution in [0.4, 0.5) is 0 Å². The monoisotopic (exact) mass is 445 g/mol. The Labute approximate surface area is 184 Å². The van der Waals surface area contributed by atoms with Gasteiger partial charge in [-0.05, 0) is 36.8 Å². The zero-order valence-electron chi connectivity index (χ0n) is 17.0. The van der Waals surface area contributed by atoms with Gasteiger partial charge < -0.3 is 10.1 Å². The molecule has 0 spiro atoms. The van der Waals surface area contributed by atoms with Crippen molar-refractivity contribution in [2.24, 2.45) is 0 Å². The maximum Gasteiger partial charge on any atom is 0.266 e. The van der Waals surface area contributed by atoms with Crippen LogP contribution in [0.1, 0.15) is 26.2 Å². The average molecular weight is 446 g/mol. The Morgan fingerprint density at radius 2 is 2.03 bits per heavy atom. The topological polar surface area (TPSA) is 73.2 Å². The summed E-state index contributed by atoms with van der Waals surface area (Å²) in [6, 6.07) is 12.2. The number of carbonyl (C=O) groups excluding carboxylic acids is 1. The molecule has 1 heterocycles. The van der Waals surface area contributed by atoms with Crippen LogP contribution in [-0.4, -0.2) is 34.9 Å². The van der Waals surface area contributed by atoms with Crippen LogP contribution >= 0.6 is 23.4 Å². The number of fused-ring (bicyclic) bond motifs is 1. The number of benzene rings is 2. The number of ether oxygens (including phenoxy) is 1. The molecule has 1 N–H and O–H groups in total. The minimum absolute atomic E-state index is 0.0943. The Bertz CT molecular complexity index is 1100. The number of thioether (sulfide) groups is 1. The van der Waals surface area contributed by atoms with Crippen molar-refractivity contribution in [2.45, 2.75) is 31.3 Å². The number of rotatable bonds is 9. The second-order valence-electron chi connectivity index (χ2n) is 6.71. The highest BCUT2D eigenvalue weighted by molar-refractivity contribution is 7.99. The van der Waals surface area contributed by atoms with Gasteiger partial charge in [-0.1, -0.05) is 55.3 Å². The fourth-order valence-corrected chi connectivity index (χ4v) is 4.05. The number of nitrogens with one attached hydrogen (secondary N) is 1. The number of nitrogens with zero attached hydrogens (tertiary/aromatic N) is 2. The first-order valence-electron chi connectivity index (χ1n) is 9.80. The van der Waals surface area contributed by atoms with Crippen LogP contribution in [0.5, 0.6) is 5.75 Å². The predicted molar refractivity (Wildman–Crippen MR) is 122 cm³/mol. The molecule has 0 bridgehead atoms. The molecule has 8 heteroatoms. The van der Waals surface area contributed by atoms with Crippen molar-refractivity contribution in [3.63, 3.8) is 0 Å². The van der Waals surface area contributed by atoms with Crippen molar-refractivity contribution in [2.75, 3.05) is 19.4 Å². The third kappa shape index (κ3) is 5.15. The lowest BCUT2D eigenvalue weighted by atomic mass is 10.2. The summed E-state index contributed by atoms with van der Waals surface area (Å²) in [5.74, 6) is 0.600. The molecule has 6 nitrogen and oxygen atoms in total. The standard InChI is InChI=1S/C22H24ClN3O3S/c1-3-4-7-12-24-20(27)14-30-22-25-17-13-15(23)10-11-16(17)21(28)26(22)18-8-5-6-9-19(18)29-2/h5-6,8-11,13H,3-4,7,12,14H2,1-2H3,(H,24,27). The largest absolute Gasteiger partial charge is 0.495 e. The number of hydrogen-bond acceptors (Lipinski definition) is 5. The van der Waals surface area contributed by atoms with Gasteiger partial charge in [-0.2, -0.15) is 0 Å². The summed E-state index contributed by atoms with van der Waals surface area (Å²) >= 11 is 7.31. The number of hydrogen-bond donors (Lipinski definition) is 1. The van der Waals surface area contributed by atoms with Crippen molar-refractivity contribution < 1.29 is 9.53 Å². The van der Waals surface area contributed by atoms with Gasteiger partial charge in [-0.3, -0.25) is 14.2 Å². The number of unbranched alkanes of at least 4 members (excludes halogenated alkanes) is 2. The van der Waals surface area contributed by atoms with Gasteiger partial charge in [-0.25, -0.2) is 4.98 Å². The molecule has 0 aliphatic heterocycles. The Morgan fingerprint density at radius 1 is 1.23 bits per heavy atom. The summed E-state index contributed by atoms with van der Waals surface area (Å²) < 4.78 is 6.94. The highest BCUT2D eigenvalue weighted by Gasteiger charge is 2.17. The summed E-state index contributed by atoms with van der Waals surface area (Å²) in [5, 5.41) is 4.25. The van der Waals surface area contributed by atoms with Crippen LogP contribution in [0.25, 0.3) is 16.6 Å². The summed E-state index contributed by atoms with van der Waals surface area (Å²) in [6.45, 7) is 2.76. The van der Waals surface area contributed by atoms with Crippen LogP contribution in [0.15, 0.2) is 52.4 Å². The second kappa shape index (κ2) is 10.5. The van der Waals surface area contributed by atoms with E-state index >= 15 is 0 Å². The molecule has 0 saturated heterocycles. The molecular weight excluding hydrogens is 422 g/mol. The normalized spacial score (nSPS) is 10.9. The van der Waals surface area contributed by atoms with Gasteiger partial charge in [0.15, 0.2) is 5.16 Å². The molecule has 0 aliphatic carbocycles. The first-order valence-corrected chi connectivity index (χ1v) is 11.2. The molecule has 0 unspecified atom stereocenters. The molecular formula is C22H24ClN3O3S. The van der Waals surface area contributed by atoms with Crippen molar-refractivity contribution in [3.8, 4) is 11.4 Å². The van der Waals surface area contributed by atoms with Gasteiger partial charge in [0.1, 0.15) is 5.75 Å². The van der Waals surface area contributed by atoms with Gasteiger partial charge in [0.05, 0.1) is 29.5 Å². The van der Waals surface area contributed by atoms with E-state index in [1.807, 2.05) is 12.1 Å². The van der Waals surface area contributed by atoms with Gasteiger partial charge in [-0.15, -0.1) is 0 Å². The summed E-state index contributed by atoms with van der Waals surface area (Å²) in [4.78, 5) is 30.2. The first-order chi connectivity index (χ1) is 14.5. The third-order valence-corrected chi connectivity index (χ3v) is 5.74. The van der Waals surface area contributed by atoms with E-state index in [4.69, 9.17) is 16.3 Å². The summed E-state index contributed by atoms with van der Waals surface area (Å²) in [7, 11) is 1.55. The molecule has 3 aromatic rings. The Hall–Kier alpha value is -2.51. The lowest BCUT2D eigenvalue weighted by Crippen LogP contribution is -2.27. The highest BCUT2D eigenvalue weighted by Crippen LogP contribution is 2.27. The van der Waals surface area contributed by atoms with Gasteiger partial charge >= 0.3 is 0 Å². The number of carbonyl (C=O) groups is 1. The number of aromatic nitrogens is 2. The van der Waals surface area contributed by atoms with E-state index in [1.165, 1.54) is 16.3 Å². The number of halogens is 1. The molecule has 0 atom stereocenters. The van der Waals surface area contributed by atoms with Crippen molar-refractivity contribution in [1.82, 2.24) is 14.9 Å². The van der Waals surface area contributed by atoms with Gasteiger partial charge in [0.25, 0.3) is 5.56 Å². The Morgan fingerprint density at radius 3 is 2.80 bits per heavy atom. The SMILES string of the molecule is CCCCCNC(=O)CSc1nc2cc(Cl)ccc2c(=O)n1-c1ccccc1OC. The van der Waals surface area contributed by atoms with E-state index in [1.54, 1.807) is 37.4 Å². The lowest BCUT2D eigenvalue weighted by molar-refractivity contribution is -0.118. The van der Waals surface area contributed by atoms with Crippen molar-refractivity contribution in [1.29, 1.82) is 0 Å². The quantitative estimate of drug-likeness (QED) is 0.299. The summed E-state index contributed by atoms with van der Waals surface area (Å²) in [6.07, 6.45) is 3.12. The van der Waals surface area contributed by atoms with Gasteiger partial charge in [0, 0.05) is 11.6 Å². The Kier molecular flexibility index (Phi) is 7.76. The molecule has 30 heavy (non-hydrogen) atoms. The third-order valence-electron chi connectivity index (χ3n) is 4.56. The lowest BCUT2D eigenvalue weighted by Gasteiger charge is -2.15. The molecule has 0 radical (unpaired) electrons. The molecule has 0 saturated carbocycles. The fourth-order valence-electron chi connectivity index (χ4n) is 3.05. The van der Waals surface area contributed by atoms with E-state index in [-0.39, 0.29) is 17.2 Å². The molecule has 3 rings (SSSR count). The smallest absolute Gasteiger partial charge is 0.266 e. The Balaban J connectivity index is 1.99. The number of amides is 1. The number of para-hydroxylation sites is 2. The minimum atomic E-state index is -0.243. The van der Waals surface area contributed by atoms with Crippen LogP contribution in [0.3, 0.4) is 0 Å². The average Bonchev–Trinajstić information content (AvgIpc) is 2.75. The van der Waals surface area contributed by atoms with E-state index in [2.05, 4.69) is 17.2 Å². The fraction of sp³-hybridized carbons (Fsp3) is 0.318. The maximum absolute atomic E-state index is 13.3. The van der Waals surface area contributed by atoms with E-state index in [0.29, 0.717) is 39.1 Å². The highest BCUT2D eigenvalue weighted by atomic mass is 35.5. The van der Waals surface area contributed by atoms with E-state index in [9.17, 15) is 9.59 Å². The van der Waals surface area contributed by atoms with Crippen LogP contribution < -0.4 is 15.6 Å². The molecule has 1 aromatic heterocycles. The number of methoxy groups -OCH3 is 1. The first kappa shape index (κ1) is 22.2. The predicted octanol–water partition coefficient (Wildman–Crippen LogP) is 4.45. The molecule has 0 aliphatic rings. The van der Waals surface area contributed by atoms with Crippen LogP contribution in [0, 0.1) is 0 Å². The van der Waals surface area contributed by atoms with Crippen molar-refractivity contribution in [3.05, 3.63) is 57.8 Å². The second-order valence-corrected chi connectivity index (χ2v) is 8.09. The van der Waals surface area contributed by atoms with Crippen LogP contribution in [0.2, 0.25) is 5.02 Å². The van der Waals surface area contributed by atoms with Crippen LogP contribution in [-0.2, 0) is 4.79 Å². The zero-order chi connectivity index (χ0) is 21.5. The molecule has 0 fully saturated rings. The molecule has 1 amide bonds. The maximum atomic E-state index is 13.3. The minimum Gasteiger partial charge on any atom is -0.495 e. The molecule has 158 valence electrons. The van der Waals surface area contributed by atoms with E-state index in [0.717, 1.165) is 19.3 Å². The van der Waals surface area contributed by atoms with Gasteiger partial charge in [0.2, 0.25) is 5.91 Å².